The lowest BCUT2D eigenvalue weighted by molar-refractivity contribution is -0.134. The van der Waals surface area contributed by atoms with Crippen molar-refractivity contribution in [1.82, 2.24) is 5.32 Å². The second-order valence-corrected chi connectivity index (χ2v) is 6.97. The number of carboxylic acids is 1. The zero-order valence-corrected chi connectivity index (χ0v) is 13.7. The van der Waals surface area contributed by atoms with Crippen molar-refractivity contribution < 1.29 is 14.7 Å². The standard InChI is InChI=1S/C17H23NO3S/c1-13-5-4-6-14(11-13)17(7-2-3-8-17)16(21)18-9-10-22-12-15(19)20/h4-6,11H,2-3,7-10,12H2,1H3,(H,18,21)(H,19,20). The molecule has 1 aromatic carbocycles. The lowest BCUT2D eigenvalue weighted by Gasteiger charge is -2.28. The van der Waals surface area contributed by atoms with E-state index in [4.69, 9.17) is 5.11 Å². The normalized spacial score (nSPS) is 16.4. The van der Waals surface area contributed by atoms with Crippen LogP contribution in [0.25, 0.3) is 0 Å². The summed E-state index contributed by atoms with van der Waals surface area (Å²) in [5.74, 6) is -0.0178. The van der Waals surface area contributed by atoms with E-state index >= 15 is 0 Å². The first-order valence-corrected chi connectivity index (χ1v) is 8.85. The van der Waals surface area contributed by atoms with Gasteiger partial charge in [0.05, 0.1) is 11.2 Å². The fraction of sp³-hybridized carbons (Fsp3) is 0.529. The van der Waals surface area contributed by atoms with Crippen LogP contribution in [0.15, 0.2) is 24.3 Å². The summed E-state index contributed by atoms with van der Waals surface area (Å²) in [6.45, 7) is 2.57. The number of nitrogens with one attached hydrogen (secondary N) is 1. The van der Waals surface area contributed by atoms with Crippen LogP contribution in [0.5, 0.6) is 0 Å². The van der Waals surface area contributed by atoms with Gasteiger partial charge in [0.2, 0.25) is 5.91 Å². The third-order valence-electron chi connectivity index (χ3n) is 4.22. The van der Waals surface area contributed by atoms with Crippen molar-refractivity contribution in [3.8, 4) is 0 Å². The molecule has 1 aromatic rings. The van der Waals surface area contributed by atoms with Crippen molar-refractivity contribution in [2.45, 2.75) is 38.0 Å². The van der Waals surface area contributed by atoms with E-state index in [-0.39, 0.29) is 11.7 Å². The van der Waals surface area contributed by atoms with Crippen LogP contribution in [0.1, 0.15) is 36.8 Å². The molecule has 1 aliphatic rings. The maximum atomic E-state index is 12.7. The number of rotatable bonds is 7. The zero-order valence-electron chi connectivity index (χ0n) is 12.9. The number of carbonyl (C=O) groups is 2. The smallest absolute Gasteiger partial charge is 0.313 e. The molecule has 2 rings (SSSR count). The fourth-order valence-electron chi connectivity index (χ4n) is 3.13. The van der Waals surface area contributed by atoms with E-state index in [2.05, 4.69) is 17.4 Å². The Bertz CT molecular complexity index is 538. The van der Waals surface area contributed by atoms with Crippen LogP contribution in [-0.2, 0) is 15.0 Å². The van der Waals surface area contributed by atoms with Gasteiger partial charge in [-0.05, 0) is 25.3 Å². The van der Waals surface area contributed by atoms with Gasteiger partial charge in [0.25, 0.3) is 0 Å². The van der Waals surface area contributed by atoms with Crippen molar-refractivity contribution in [3.05, 3.63) is 35.4 Å². The van der Waals surface area contributed by atoms with E-state index in [1.54, 1.807) is 0 Å². The Morgan fingerprint density at radius 1 is 1.32 bits per heavy atom. The molecular weight excluding hydrogens is 298 g/mol. The predicted octanol–water partition coefficient (Wildman–Crippen LogP) is 2.74. The van der Waals surface area contributed by atoms with Gasteiger partial charge in [-0.1, -0.05) is 42.7 Å². The van der Waals surface area contributed by atoms with Crippen molar-refractivity contribution >= 4 is 23.6 Å². The minimum absolute atomic E-state index is 0.0822. The molecule has 2 N–H and O–H groups in total. The quantitative estimate of drug-likeness (QED) is 0.758. The summed E-state index contributed by atoms with van der Waals surface area (Å²) in [6.07, 6.45) is 3.94. The Balaban J connectivity index is 1.98. The van der Waals surface area contributed by atoms with Gasteiger partial charge in [0, 0.05) is 12.3 Å². The summed E-state index contributed by atoms with van der Waals surface area (Å²) in [4.78, 5) is 23.2. The lowest BCUT2D eigenvalue weighted by Crippen LogP contribution is -2.43. The molecule has 4 nitrogen and oxygen atoms in total. The van der Waals surface area contributed by atoms with Gasteiger partial charge in [0.15, 0.2) is 0 Å². The minimum atomic E-state index is -0.816. The summed E-state index contributed by atoms with van der Waals surface area (Å²) in [6, 6.07) is 8.23. The maximum absolute atomic E-state index is 12.7. The average molecular weight is 321 g/mol. The Labute approximate surface area is 135 Å². The number of hydrogen-bond donors (Lipinski definition) is 2. The van der Waals surface area contributed by atoms with Gasteiger partial charge < -0.3 is 10.4 Å². The Kier molecular flexibility index (Phi) is 5.89. The number of aliphatic carboxylic acids is 1. The highest BCUT2D eigenvalue weighted by atomic mass is 32.2. The molecule has 0 heterocycles. The molecule has 5 heteroatoms. The molecule has 1 saturated carbocycles. The maximum Gasteiger partial charge on any atom is 0.313 e. The van der Waals surface area contributed by atoms with Crippen LogP contribution in [0, 0.1) is 6.92 Å². The second-order valence-electron chi connectivity index (χ2n) is 5.86. The van der Waals surface area contributed by atoms with E-state index in [0.717, 1.165) is 31.2 Å². The molecule has 1 amide bonds. The minimum Gasteiger partial charge on any atom is -0.481 e. The fourth-order valence-corrected chi connectivity index (χ4v) is 3.70. The molecule has 0 aromatic heterocycles. The third-order valence-corrected chi connectivity index (χ3v) is 5.16. The monoisotopic (exact) mass is 321 g/mol. The van der Waals surface area contributed by atoms with E-state index in [1.807, 2.05) is 19.1 Å². The van der Waals surface area contributed by atoms with E-state index < -0.39 is 11.4 Å². The summed E-state index contributed by atoms with van der Waals surface area (Å²) < 4.78 is 0. The Morgan fingerprint density at radius 3 is 2.68 bits per heavy atom. The lowest BCUT2D eigenvalue weighted by atomic mass is 9.77. The highest BCUT2D eigenvalue weighted by Crippen LogP contribution is 2.41. The molecule has 0 aliphatic heterocycles. The number of benzene rings is 1. The van der Waals surface area contributed by atoms with Crippen LogP contribution in [0.4, 0.5) is 0 Å². The summed E-state index contributed by atoms with van der Waals surface area (Å²) in [7, 11) is 0. The number of thioether (sulfide) groups is 1. The van der Waals surface area contributed by atoms with Gasteiger partial charge in [-0.3, -0.25) is 9.59 Å². The highest BCUT2D eigenvalue weighted by Gasteiger charge is 2.42. The van der Waals surface area contributed by atoms with E-state index in [0.29, 0.717) is 12.3 Å². The number of amides is 1. The first-order chi connectivity index (χ1) is 10.5. The van der Waals surface area contributed by atoms with Gasteiger partial charge in [-0.25, -0.2) is 0 Å². The van der Waals surface area contributed by atoms with Crippen molar-refractivity contribution in [3.63, 3.8) is 0 Å². The predicted molar refractivity (Wildman–Crippen MR) is 89.3 cm³/mol. The van der Waals surface area contributed by atoms with Gasteiger partial charge in [-0.15, -0.1) is 11.8 Å². The van der Waals surface area contributed by atoms with Gasteiger partial charge in [-0.2, -0.15) is 0 Å². The molecule has 0 unspecified atom stereocenters. The average Bonchev–Trinajstić information content (AvgIpc) is 2.97. The molecule has 0 radical (unpaired) electrons. The largest absolute Gasteiger partial charge is 0.481 e. The first kappa shape index (κ1) is 16.9. The molecule has 0 atom stereocenters. The number of aryl methyl sites for hydroxylation is 1. The van der Waals surface area contributed by atoms with Crippen LogP contribution >= 0.6 is 11.8 Å². The molecule has 22 heavy (non-hydrogen) atoms. The van der Waals surface area contributed by atoms with E-state index in [9.17, 15) is 9.59 Å². The first-order valence-electron chi connectivity index (χ1n) is 7.69. The second kappa shape index (κ2) is 7.68. The molecule has 1 fully saturated rings. The molecule has 0 spiro atoms. The Morgan fingerprint density at radius 2 is 2.05 bits per heavy atom. The van der Waals surface area contributed by atoms with Crippen LogP contribution in [0.3, 0.4) is 0 Å². The van der Waals surface area contributed by atoms with Crippen molar-refractivity contribution in [2.75, 3.05) is 18.1 Å². The summed E-state index contributed by atoms with van der Waals surface area (Å²) in [5, 5.41) is 11.6. The molecule has 0 saturated heterocycles. The van der Waals surface area contributed by atoms with Crippen LogP contribution in [0.2, 0.25) is 0 Å². The SMILES string of the molecule is Cc1cccc(C2(C(=O)NCCSCC(=O)O)CCCC2)c1. The molecule has 0 bridgehead atoms. The molecule has 120 valence electrons. The number of carboxylic acid groups (broad SMARTS) is 1. The van der Waals surface area contributed by atoms with Gasteiger partial charge >= 0.3 is 5.97 Å². The van der Waals surface area contributed by atoms with Crippen molar-refractivity contribution in [2.24, 2.45) is 0 Å². The number of hydrogen-bond acceptors (Lipinski definition) is 3. The summed E-state index contributed by atoms with van der Waals surface area (Å²) >= 11 is 1.33. The van der Waals surface area contributed by atoms with Crippen LogP contribution < -0.4 is 5.32 Å². The third kappa shape index (κ3) is 4.03. The van der Waals surface area contributed by atoms with Crippen LogP contribution in [-0.4, -0.2) is 35.0 Å². The molecular formula is C17H23NO3S. The summed E-state index contributed by atoms with van der Waals surface area (Å²) in [5.41, 5.74) is 1.89. The highest BCUT2D eigenvalue weighted by molar-refractivity contribution is 7.99. The number of carbonyl (C=O) groups excluding carboxylic acids is 1. The van der Waals surface area contributed by atoms with Gasteiger partial charge in [0.1, 0.15) is 0 Å². The van der Waals surface area contributed by atoms with Crippen molar-refractivity contribution in [1.29, 1.82) is 0 Å². The molecule has 1 aliphatic carbocycles. The topological polar surface area (TPSA) is 66.4 Å². The van der Waals surface area contributed by atoms with E-state index in [1.165, 1.54) is 17.3 Å². The Hall–Kier alpha value is -1.49. The zero-order chi connectivity index (χ0) is 16.0.